The second-order valence-electron chi connectivity index (χ2n) is 4.00. The first-order valence-corrected chi connectivity index (χ1v) is 5.34. The van der Waals surface area contributed by atoms with Gasteiger partial charge in [0.15, 0.2) is 0 Å². The van der Waals surface area contributed by atoms with Gasteiger partial charge in [-0.2, -0.15) is 0 Å². The van der Waals surface area contributed by atoms with E-state index in [-0.39, 0.29) is 18.6 Å². The number of aliphatic carboxylic acids is 1. The van der Waals surface area contributed by atoms with E-state index in [9.17, 15) is 9.90 Å². The highest BCUT2D eigenvalue weighted by Crippen LogP contribution is 2.15. The van der Waals surface area contributed by atoms with Crippen LogP contribution >= 0.6 is 0 Å². The fraction of sp³-hybridized carbons (Fsp3) is 0.900. The number of aliphatic hydroxyl groups excluding tert-OH is 1. The smallest absolute Gasteiger partial charge is 0.306 e. The average molecular weight is 217 g/mol. The Kier molecular flexibility index (Phi) is 5.01. The monoisotopic (exact) mass is 217 g/mol. The van der Waals surface area contributed by atoms with Crippen molar-refractivity contribution in [3.05, 3.63) is 0 Å². The predicted molar refractivity (Wildman–Crippen MR) is 54.7 cm³/mol. The number of hydrogen-bond donors (Lipinski definition) is 3. The largest absolute Gasteiger partial charge is 0.481 e. The minimum atomic E-state index is -0.978. The van der Waals surface area contributed by atoms with Gasteiger partial charge in [0.25, 0.3) is 0 Å². The van der Waals surface area contributed by atoms with Crippen LogP contribution in [0.25, 0.3) is 0 Å². The van der Waals surface area contributed by atoms with Gasteiger partial charge in [0.05, 0.1) is 18.6 Å². The van der Waals surface area contributed by atoms with Crippen LogP contribution in [0.3, 0.4) is 0 Å². The molecule has 1 heterocycles. The van der Waals surface area contributed by atoms with Gasteiger partial charge >= 0.3 is 5.97 Å². The van der Waals surface area contributed by atoms with Crippen LogP contribution in [0.4, 0.5) is 0 Å². The molecule has 1 aliphatic heterocycles. The van der Waals surface area contributed by atoms with Gasteiger partial charge in [0, 0.05) is 19.2 Å². The van der Waals surface area contributed by atoms with Gasteiger partial charge in [-0.25, -0.2) is 0 Å². The summed E-state index contributed by atoms with van der Waals surface area (Å²) in [6, 6.07) is 0.163. The van der Waals surface area contributed by atoms with E-state index in [1.165, 1.54) is 0 Å². The lowest BCUT2D eigenvalue weighted by Gasteiger charge is -2.21. The summed E-state index contributed by atoms with van der Waals surface area (Å²) in [4.78, 5) is 10.3. The molecule has 0 aromatic heterocycles. The Balaban J connectivity index is 2.15. The van der Waals surface area contributed by atoms with Gasteiger partial charge in [0.1, 0.15) is 0 Å². The van der Waals surface area contributed by atoms with Crippen LogP contribution in [-0.2, 0) is 9.53 Å². The second-order valence-corrected chi connectivity index (χ2v) is 4.00. The number of rotatable bonds is 6. The molecule has 0 amide bonds. The first kappa shape index (κ1) is 12.4. The quantitative estimate of drug-likeness (QED) is 0.582. The molecule has 3 unspecified atom stereocenters. The van der Waals surface area contributed by atoms with Gasteiger partial charge in [-0.3, -0.25) is 4.79 Å². The molecule has 1 saturated heterocycles. The van der Waals surface area contributed by atoms with Crippen LogP contribution in [0.5, 0.6) is 0 Å². The van der Waals surface area contributed by atoms with Crippen molar-refractivity contribution in [2.45, 2.75) is 44.4 Å². The molecule has 1 rings (SSSR count). The lowest BCUT2D eigenvalue weighted by atomic mass is 10.1. The number of carbonyl (C=O) groups is 1. The summed E-state index contributed by atoms with van der Waals surface area (Å²) in [5.74, 6) is -0.978. The highest BCUT2D eigenvalue weighted by molar-refractivity contribution is 5.67. The second kappa shape index (κ2) is 6.05. The topological polar surface area (TPSA) is 78.8 Å². The Hall–Kier alpha value is -0.650. The number of carboxylic acids is 1. The zero-order valence-corrected chi connectivity index (χ0v) is 8.98. The van der Waals surface area contributed by atoms with Crippen LogP contribution < -0.4 is 5.32 Å². The van der Waals surface area contributed by atoms with Gasteiger partial charge in [-0.15, -0.1) is 0 Å². The molecule has 15 heavy (non-hydrogen) atoms. The maximum atomic E-state index is 10.3. The Labute approximate surface area is 89.4 Å². The van der Waals surface area contributed by atoms with Gasteiger partial charge in [-0.05, 0) is 19.8 Å². The summed E-state index contributed by atoms with van der Waals surface area (Å²) in [6.07, 6.45) is 1.26. The van der Waals surface area contributed by atoms with Crippen molar-refractivity contribution < 1.29 is 19.7 Å². The third-order valence-corrected chi connectivity index (χ3v) is 2.61. The molecule has 88 valence electrons. The number of aliphatic hydroxyl groups is 1. The molecule has 0 aromatic carbocycles. The molecule has 0 aliphatic carbocycles. The molecule has 0 saturated carbocycles. The van der Waals surface area contributed by atoms with E-state index >= 15 is 0 Å². The average Bonchev–Trinajstić information content (AvgIpc) is 2.65. The molecule has 0 aromatic rings. The number of hydrogen-bond acceptors (Lipinski definition) is 4. The van der Waals surface area contributed by atoms with E-state index in [4.69, 9.17) is 9.84 Å². The van der Waals surface area contributed by atoms with Gasteiger partial charge < -0.3 is 20.3 Å². The van der Waals surface area contributed by atoms with Crippen molar-refractivity contribution in [3.63, 3.8) is 0 Å². The Morgan fingerprint density at radius 1 is 1.67 bits per heavy atom. The third-order valence-electron chi connectivity index (χ3n) is 2.61. The van der Waals surface area contributed by atoms with Gasteiger partial charge in [0.2, 0.25) is 0 Å². The van der Waals surface area contributed by atoms with Gasteiger partial charge in [-0.1, -0.05) is 0 Å². The zero-order valence-electron chi connectivity index (χ0n) is 8.98. The van der Waals surface area contributed by atoms with E-state index in [0.29, 0.717) is 6.54 Å². The van der Waals surface area contributed by atoms with Crippen molar-refractivity contribution in [3.8, 4) is 0 Å². The third kappa shape index (κ3) is 4.59. The van der Waals surface area contributed by atoms with E-state index in [1.54, 1.807) is 0 Å². The summed E-state index contributed by atoms with van der Waals surface area (Å²) in [5, 5.41) is 20.9. The Bertz CT molecular complexity index is 204. The summed E-state index contributed by atoms with van der Waals surface area (Å²) < 4.78 is 5.47. The SMILES string of the molecule is CC(NCC(O)CC(=O)O)C1CCCO1. The molecular weight excluding hydrogens is 198 g/mol. The molecular formula is C10H19NO4. The Morgan fingerprint density at radius 2 is 2.40 bits per heavy atom. The van der Waals surface area contributed by atoms with Crippen molar-refractivity contribution >= 4 is 5.97 Å². The highest BCUT2D eigenvalue weighted by atomic mass is 16.5. The first-order chi connectivity index (χ1) is 7.09. The summed E-state index contributed by atoms with van der Waals surface area (Å²) in [5.41, 5.74) is 0. The zero-order chi connectivity index (χ0) is 11.3. The van der Waals surface area contributed by atoms with Crippen LogP contribution in [0.1, 0.15) is 26.2 Å². The summed E-state index contributed by atoms with van der Waals surface area (Å²) >= 11 is 0. The molecule has 0 radical (unpaired) electrons. The van der Waals surface area contributed by atoms with Crippen molar-refractivity contribution in [1.82, 2.24) is 5.32 Å². The minimum absolute atomic E-state index is 0.163. The van der Waals surface area contributed by atoms with E-state index in [2.05, 4.69) is 5.32 Å². The molecule has 0 bridgehead atoms. The minimum Gasteiger partial charge on any atom is -0.481 e. The molecule has 3 N–H and O–H groups in total. The molecule has 1 fully saturated rings. The normalized spacial score (nSPS) is 25.1. The summed E-state index contributed by atoms with van der Waals surface area (Å²) in [7, 11) is 0. The van der Waals surface area contributed by atoms with Crippen LogP contribution in [-0.4, -0.2) is 47.6 Å². The van der Waals surface area contributed by atoms with Crippen LogP contribution in [0.2, 0.25) is 0 Å². The lowest BCUT2D eigenvalue weighted by molar-refractivity contribution is -0.139. The molecule has 3 atom stereocenters. The fourth-order valence-electron chi connectivity index (χ4n) is 1.72. The van der Waals surface area contributed by atoms with Crippen molar-refractivity contribution in [2.75, 3.05) is 13.2 Å². The van der Waals surface area contributed by atoms with E-state index in [1.807, 2.05) is 6.92 Å². The predicted octanol–water partition coefficient (Wildman–Crippen LogP) is -0.0209. The van der Waals surface area contributed by atoms with Crippen LogP contribution in [0, 0.1) is 0 Å². The van der Waals surface area contributed by atoms with Crippen LogP contribution in [0.15, 0.2) is 0 Å². The maximum absolute atomic E-state index is 10.3. The molecule has 5 heteroatoms. The standard InChI is InChI=1S/C10H19NO4/c1-7(9-3-2-4-15-9)11-6-8(12)5-10(13)14/h7-9,11-12H,2-6H2,1H3,(H,13,14). The fourth-order valence-corrected chi connectivity index (χ4v) is 1.72. The Morgan fingerprint density at radius 3 is 2.93 bits per heavy atom. The maximum Gasteiger partial charge on any atom is 0.306 e. The number of ether oxygens (including phenoxy) is 1. The molecule has 1 aliphatic rings. The van der Waals surface area contributed by atoms with E-state index in [0.717, 1.165) is 19.4 Å². The number of nitrogens with one attached hydrogen (secondary N) is 1. The number of carboxylic acid groups (broad SMARTS) is 1. The summed E-state index contributed by atoms with van der Waals surface area (Å²) in [6.45, 7) is 3.09. The van der Waals surface area contributed by atoms with Crippen molar-refractivity contribution in [2.24, 2.45) is 0 Å². The highest BCUT2D eigenvalue weighted by Gasteiger charge is 2.22. The molecule has 0 spiro atoms. The first-order valence-electron chi connectivity index (χ1n) is 5.34. The van der Waals surface area contributed by atoms with E-state index < -0.39 is 12.1 Å². The molecule has 5 nitrogen and oxygen atoms in total. The van der Waals surface area contributed by atoms with Crippen molar-refractivity contribution in [1.29, 1.82) is 0 Å². The lowest BCUT2D eigenvalue weighted by Crippen LogP contribution is -2.41.